The van der Waals surface area contributed by atoms with E-state index in [2.05, 4.69) is 10.6 Å². The van der Waals surface area contributed by atoms with Crippen LogP contribution in [0.1, 0.15) is 39.1 Å². The lowest BCUT2D eigenvalue weighted by Crippen LogP contribution is -2.33. The fourth-order valence-corrected chi connectivity index (χ4v) is 5.43. The van der Waals surface area contributed by atoms with Crippen LogP contribution in [0.4, 0.5) is 20.2 Å². The molecule has 0 bridgehead atoms. The Morgan fingerprint density at radius 1 is 0.851 bits per heavy atom. The maximum absolute atomic E-state index is 15.5. The second-order valence-electron chi connectivity index (χ2n) is 11.4. The van der Waals surface area contributed by atoms with E-state index in [9.17, 15) is 14.4 Å². The Labute approximate surface area is 279 Å². The Balaban J connectivity index is 0.00000500. The molecule has 0 saturated heterocycles. The van der Waals surface area contributed by atoms with Crippen LogP contribution in [0.15, 0.2) is 109 Å². The second-order valence-corrected chi connectivity index (χ2v) is 11.4. The van der Waals surface area contributed by atoms with Gasteiger partial charge in [-0.25, -0.2) is 8.78 Å². The zero-order valence-corrected chi connectivity index (χ0v) is 27.0. The van der Waals surface area contributed by atoms with Crippen LogP contribution in [0.5, 0.6) is 0 Å². The molecule has 47 heavy (non-hydrogen) atoms. The number of carbonyl (C=O) groups excluding carboxylic acids is 3. The number of amides is 3. The summed E-state index contributed by atoms with van der Waals surface area (Å²) in [6.45, 7) is 0.858. The molecule has 7 nitrogen and oxygen atoms in total. The van der Waals surface area contributed by atoms with E-state index in [4.69, 9.17) is 0 Å². The number of hydrogen-bond acceptors (Lipinski definition) is 4. The van der Waals surface area contributed by atoms with Gasteiger partial charge in [0, 0.05) is 53.5 Å². The monoisotopic (exact) mass is 658 g/mol. The molecule has 0 fully saturated rings. The van der Waals surface area contributed by atoms with Crippen LogP contribution in [0.3, 0.4) is 0 Å². The Morgan fingerprint density at radius 3 is 2.19 bits per heavy atom. The van der Waals surface area contributed by atoms with Gasteiger partial charge in [0.25, 0.3) is 17.7 Å². The number of benzene rings is 4. The molecule has 0 aromatic heterocycles. The highest BCUT2D eigenvalue weighted by Crippen LogP contribution is 2.43. The van der Waals surface area contributed by atoms with Crippen molar-refractivity contribution in [1.82, 2.24) is 10.2 Å². The minimum Gasteiger partial charge on any atom is -0.352 e. The van der Waals surface area contributed by atoms with Crippen LogP contribution >= 0.6 is 12.4 Å². The van der Waals surface area contributed by atoms with Gasteiger partial charge in [-0.3, -0.25) is 14.4 Å². The molecule has 0 atom stereocenters. The minimum atomic E-state index is -3.34. The Kier molecular flexibility index (Phi) is 11.6. The molecule has 0 aliphatic carbocycles. The predicted molar refractivity (Wildman–Crippen MR) is 185 cm³/mol. The number of fused-ring (bicyclic) bond motifs is 1. The number of nitrogens with one attached hydrogen (secondary N) is 2. The first kappa shape index (κ1) is 35.0. The summed E-state index contributed by atoms with van der Waals surface area (Å²) >= 11 is 0. The molecule has 0 saturated carbocycles. The summed E-state index contributed by atoms with van der Waals surface area (Å²) in [6, 6.07) is 29.6. The highest BCUT2D eigenvalue weighted by Gasteiger charge is 2.41. The number of anilines is 2. The molecule has 1 aliphatic heterocycles. The van der Waals surface area contributed by atoms with Crippen LogP contribution in [-0.4, -0.2) is 62.3 Å². The topological polar surface area (TPSA) is 81.8 Å². The van der Waals surface area contributed by atoms with Gasteiger partial charge in [0.1, 0.15) is 0 Å². The zero-order chi connectivity index (χ0) is 32.7. The first-order valence-corrected chi connectivity index (χ1v) is 15.1. The fraction of sp³-hybridized carbons (Fsp3) is 0.216. The molecular formula is C37H37ClF2N4O3. The van der Waals surface area contributed by atoms with Crippen LogP contribution < -0.4 is 15.5 Å². The van der Waals surface area contributed by atoms with E-state index in [0.29, 0.717) is 29.9 Å². The van der Waals surface area contributed by atoms with E-state index in [1.807, 2.05) is 61.5 Å². The lowest BCUT2D eigenvalue weighted by molar-refractivity contribution is -0.116. The normalized spacial score (nSPS) is 14.5. The summed E-state index contributed by atoms with van der Waals surface area (Å²) in [6.07, 6.45) is 0.985. The predicted octanol–water partition coefficient (Wildman–Crippen LogP) is 7.16. The van der Waals surface area contributed by atoms with E-state index in [0.717, 1.165) is 23.7 Å². The number of halogens is 3. The number of allylic oxidation sites excluding steroid dienone is 1. The van der Waals surface area contributed by atoms with Crippen LogP contribution in [0.25, 0.3) is 16.7 Å². The van der Waals surface area contributed by atoms with Crippen molar-refractivity contribution in [3.8, 4) is 11.1 Å². The van der Waals surface area contributed by atoms with Gasteiger partial charge in [0.2, 0.25) is 5.91 Å². The van der Waals surface area contributed by atoms with Crippen molar-refractivity contribution in [2.75, 3.05) is 43.9 Å². The number of rotatable bonds is 9. The maximum atomic E-state index is 15.5. The summed E-state index contributed by atoms with van der Waals surface area (Å²) in [4.78, 5) is 42.9. The molecule has 3 amide bonds. The van der Waals surface area contributed by atoms with Crippen molar-refractivity contribution >= 4 is 47.1 Å². The Hall–Kier alpha value is -4.86. The molecule has 1 aliphatic rings. The lowest BCUT2D eigenvalue weighted by atomic mass is 9.97. The molecule has 0 radical (unpaired) electrons. The average Bonchev–Trinajstić information content (AvgIpc) is 3.17. The van der Waals surface area contributed by atoms with Gasteiger partial charge in [0.15, 0.2) is 0 Å². The van der Waals surface area contributed by atoms with Crippen molar-refractivity contribution in [3.63, 3.8) is 0 Å². The van der Waals surface area contributed by atoms with E-state index >= 15 is 8.78 Å². The number of carbonyl (C=O) groups is 3. The Bertz CT molecular complexity index is 1740. The summed E-state index contributed by atoms with van der Waals surface area (Å²) in [5.41, 5.74) is 2.96. The van der Waals surface area contributed by atoms with Gasteiger partial charge in [-0.1, -0.05) is 66.7 Å². The van der Waals surface area contributed by atoms with Gasteiger partial charge in [-0.15, -0.1) is 12.4 Å². The van der Waals surface area contributed by atoms with Crippen molar-refractivity contribution in [3.05, 3.63) is 126 Å². The van der Waals surface area contributed by atoms with Gasteiger partial charge in [0.05, 0.1) is 5.69 Å². The number of hydrogen-bond donors (Lipinski definition) is 2. The first-order chi connectivity index (χ1) is 22.1. The van der Waals surface area contributed by atoms with E-state index < -0.39 is 29.7 Å². The van der Waals surface area contributed by atoms with E-state index in [1.165, 1.54) is 11.0 Å². The second kappa shape index (κ2) is 15.6. The van der Waals surface area contributed by atoms with E-state index in [1.54, 1.807) is 54.6 Å². The number of nitrogens with zero attached hydrogens (tertiary/aromatic N) is 2. The van der Waals surface area contributed by atoms with Crippen molar-refractivity contribution in [1.29, 1.82) is 0 Å². The van der Waals surface area contributed by atoms with Crippen molar-refractivity contribution < 1.29 is 23.2 Å². The molecule has 4 aromatic carbocycles. The van der Waals surface area contributed by atoms with Crippen molar-refractivity contribution in [2.45, 2.75) is 18.8 Å². The third kappa shape index (κ3) is 8.49. The maximum Gasteiger partial charge on any atom is 0.275 e. The summed E-state index contributed by atoms with van der Waals surface area (Å²) in [7, 11) is 3.83. The smallest absolute Gasteiger partial charge is 0.275 e. The average molecular weight is 659 g/mol. The van der Waals surface area contributed by atoms with Crippen molar-refractivity contribution in [2.24, 2.45) is 0 Å². The lowest BCUT2D eigenvalue weighted by Gasteiger charge is -2.23. The minimum absolute atomic E-state index is 0. The third-order valence-electron chi connectivity index (χ3n) is 7.78. The molecular weight excluding hydrogens is 622 g/mol. The number of para-hydroxylation sites is 1. The SMILES string of the molecule is CN(C)CCCNC(=O)C=C1c2ccccc2N(C(=O)c2ccc(NC(=O)c3ccccc3-c3ccccc3)cc2)CCC1(F)F.Cl. The molecule has 0 spiro atoms. The Morgan fingerprint density at radius 2 is 1.49 bits per heavy atom. The first-order valence-electron chi connectivity index (χ1n) is 15.1. The van der Waals surface area contributed by atoms with Crippen LogP contribution in [0, 0.1) is 0 Å². The quantitative estimate of drug-likeness (QED) is 0.148. The largest absolute Gasteiger partial charge is 0.352 e. The molecule has 1 heterocycles. The fourth-order valence-electron chi connectivity index (χ4n) is 5.43. The van der Waals surface area contributed by atoms with Crippen LogP contribution in [-0.2, 0) is 4.79 Å². The third-order valence-corrected chi connectivity index (χ3v) is 7.78. The van der Waals surface area contributed by atoms with Gasteiger partial charge in [-0.05, 0) is 74.6 Å². The molecule has 0 unspecified atom stereocenters. The highest BCUT2D eigenvalue weighted by atomic mass is 35.5. The zero-order valence-electron chi connectivity index (χ0n) is 26.2. The van der Waals surface area contributed by atoms with Crippen LogP contribution in [0.2, 0.25) is 0 Å². The van der Waals surface area contributed by atoms with Gasteiger partial charge >= 0.3 is 0 Å². The molecule has 244 valence electrons. The standard InChI is InChI=1S/C37H36F2N4O3.ClH/c1-42(2)23-10-22-40-34(44)25-32-31-15-8-9-16-33(31)43(24-21-37(32,38)39)36(46)27-17-19-28(20-18-27)41-35(45)30-14-7-6-13-29(30)26-11-4-3-5-12-26;/h3-9,11-20,25H,10,21-24H2,1-2H3,(H,40,44)(H,41,45);1H. The summed E-state index contributed by atoms with van der Waals surface area (Å²) < 4.78 is 31.0. The summed E-state index contributed by atoms with van der Waals surface area (Å²) in [5.74, 6) is -4.71. The molecule has 10 heteroatoms. The highest BCUT2D eigenvalue weighted by molar-refractivity contribution is 6.11. The molecule has 2 N–H and O–H groups in total. The molecule has 5 rings (SSSR count). The molecule has 4 aromatic rings. The van der Waals surface area contributed by atoms with E-state index in [-0.39, 0.29) is 36.0 Å². The van der Waals surface area contributed by atoms with Gasteiger partial charge < -0.3 is 20.4 Å². The number of alkyl halides is 2. The van der Waals surface area contributed by atoms with Gasteiger partial charge in [-0.2, -0.15) is 0 Å². The summed E-state index contributed by atoms with van der Waals surface area (Å²) in [5, 5.41) is 5.58.